The first-order chi connectivity index (χ1) is 18.5. The minimum Gasteiger partial charge on any atom is -0.254 e. The van der Waals surface area contributed by atoms with Gasteiger partial charge in [-0.05, 0) is 41.5 Å². The third-order valence-corrected chi connectivity index (χ3v) is 10.9. The lowest BCUT2D eigenvalue weighted by Crippen LogP contribution is -2.26. The van der Waals surface area contributed by atoms with Gasteiger partial charge in [0.25, 0.3) is 0 Å². The van der Waals surface area contributed by atoms with E-state index in [2.05, 4.69) is 111 Å². The van der Waals surface area contributed by atoms with Crippen LogP contribution < -0.4 is 0 Å². The Morgan fingerprint density at radius 1 is 0.538 bits per heavy atom. The van der Waals surface area contributed by atoms with Gasteiger partial charge in [-0.25, -0.2) is 0 Å². The molecule has 4 heterocycles. The summed E-state index contributed by atoms with van der Waals surface area (Å²) in [4.78, 5) is 18.5. The Kier molecular flexibility index (Phi) is 7.35. The van der Waals surface area contributed by atoms with Crippen molar-refractivity contribution in [3.8, 4) is 0 Å². The molecule has 0 saturated carbocycles. The zero-order chi connectivity index (χ0) is 27.8. The first-order valence-electron chi connectivity index (χ1n) is 13.5. The molecule has 0 aliphatic carbocycles. The van der Waals surface area contributed by atoms with E-state index in [-0.39, 0.29) is 7.92 Å². The fourth-order valence-corrected chi connectivity index (χ4v) is 8.78. The van der Waals surface area contributed by atoms with Crippen LogP contribution in [0.4, 0.5) is 0 Å². The van der Waals surface area contributed by atoms with Gasteiger partial charge in [-0.2, -0.15) is 0 Å². The molecule has 2 aromatic carbocycles. The smallest absolute Gasteiger partial charge is 0.0968 e. The molecule has 0 aliphatic heterocycles. The Bertz CT molecular complexity index is 1770. The minimum atomic E-state index is -0.201. The Morgan fingerprint density at radius 2 is 0.974 bits per heavy atom. The van der Waals surface area contributed by atoms with Crippen LogP contribution in [0.5, 0.6) is 0 Å². The molecule has 39 heavy (non-hydrogen) atoms. The predicted molar refractivity (Wildman–Crippen MR) is 169 cm³/mol. The standard InChI is InChI=1S/C21H27N2P.C13H10N2/c1-20(2,3)24(21(4,5)6)14-17-12-11-16-10-9-15-8-7-13-22-18(15)19(16)23-17;1-9-4-5-11-7-6-10-3-2-8-14-12(10)13(11)15-9/h7-13H,14H2,1-6H3;2-8H,1H3. The molecule has 0 radical (unpaired) electrons. The molecule has 0 fully saturated rings. The van der Waals surface area contributed by atoms with Crippen LogP contribution in [-0.4, -0.2) is 30.2 Å². The molecule has 6 aromatic rings. The van der Waals surface area contributed by atoms with Crippen molar-refractivity contribution >= 4 is 51.5 Å². The van der Waals surface area contributed by atoms with Gasteiger partial charge in [0.2, 0.25) is 0 Å². The van der Waals surface area contributed by atoms with Crippen molar-refractivity contribution in [2.45, 2.75) is 64.9 Å². The summed E-state index contributed by atoms with van der Waals surface area (Å²) in [6.45, 7) is 16.2. The van der Waals surface area contributed by atoms with Gasteiger partial charge in [-0.3, -0.25) is 19.9 Å². The summed E-state index contributed by atoms with van der Waals surface area (Å²) in [5, 5.41) is 5.22. The molecule has 0 unspecified atom stereocenters. The number of nitrogens with zero attached hydrogens (tertiary/aromatic N) is 4. The van der Waals surface area contributed by atoms with Crippen LogP contribution >= 0.6 is 7.92 Å². The fourth-order valence-electron chi connectivity index (χ4n) is 5.32. The summed E-state index contributed by atoms with van der Waals surface area (Å²) >= 11 is 0. The van der Waals surface area contributed by atoms with Gasteiger partial charge < -0.3 is 0 Å². The second-order valence-electron chi connectivity index (χ2n) is 12.1. The number of rotatable bonds is 2. The second kappa shape index (κ2) is 10.6. The zero-order valence-electron chi connectivity index (χ0n) is 24.0. The molecule has 0 atom stereocenters. The highest BCUT2D eigenvalue weighted by Crippen LogP contribution is 2.61. The maximum Gasteiger partial charge on any atom is 0.0968 e. The van der Waals surface area contributed by atoms with Gasteiger partial charge in [0.15, 0.2) is 0 Å². The van der Waals surface area contributed by atoms with Crippen molar-refractivity contribution in [2.24, 2.45) is 0 Å². The SMILES string of the molecule is CC(C)(C)P(Cc1ccc2ccc3cccnc3c2n1)C(C)(C)C.Cc1ccc2ccc3cccnc3c2n1. The van der Waals surface area contributed by atoms with Crippen molar-refractivity contribution in [3.63, 3.8) is 0 Å². The summed E-state index contributed by atoms with van der Waals surface area (Å²) < 4.78 is 0. The molecule has 0 N–H and O–H groups in total. The lowest BCUT2D eigenvalue weighted by atomic mass is 10.1. The molecule has 4 aromatic heterocycles. The summed E-state index contributed by atoms with van der Waals surface area (Å²) in [6.07, 6.45) is 4.72. The number of fused-ring (bicyclic) bond motifs is 6. The summed E-state index contributed by atoms with van der Waals surface area (Å²) in [5.74, 6) is 0. The van der Waals surface area contributed by atoms with E-state index in [1.165, 1.54) is 11.1 Å². The monoisotopic (exact) mass is 532 g/mol. The number of aromatic nitrogens is 4. The van der Waals surface area contributed by atoms with Crippen LogP contribution in [0.15, 0.2) is 85.2 Å². The molecule has 4 nitrogen and oxygen atoms in total. The second-order valence-corrected chi connectivity index (χ2v) is 16.0. The minimum absolute atomic E-state index is 0.201. The third-order valence-electron chi connectivity index (χ3n) is 7.00. The van der Waals surface area contributed by atoms with Crippen LogP contribution in [0.2, 0.25) is 0 Å². The molecule has 0 saturated heterocycles. The topological polar surface area (TPSA) is 51.6 Å². The highest BCUT2D eigenvalue weighted by atomic mass is 31.1. The number of pyridine rings is 4. The van der Waals surface area contributed by atoms with Crippen molar-refractivity contribution in [1.29, 1.82) is 0 Å². The van der Waals surface area contributed by atoms with Crippen LogP contribution in [0, 0.1) is 6.92 Å². The van der Waals surface area contributed by atoms with E-state index in [1.807, 2.05) is 37.5 Å². The maximum absolute atomic E-state index is 5.02. The van der Waals surface area contributed by atoms with Gasteiger partial charge in [0, 0.05) is 51.5 Å². The van der Waals surface area contributed by atoms with E-state index in [1.54, 1.807) is 0 Å². The number of hydrogen-bond acceptors (Lipinski definition) is 4. The van der Waals surface area contributed by atoms with Gasteiger partial charge in [0.05, 0.1) is 22.1 Å². The van der Waals surface area contributed by atoms with Gasteiger partial charge >= 0.3 is 0 Å². The first kappa shape index (κ1) is 27.1. The highest BCUT2D eigenvalue weighted by Gasteiger charge is 2.34. The molecule has 198 valence electrons. The molecule has 0 bridgehead atoms. The van der Waals surface area contributed by atoms with Crippen molar-refractivity contribution < 1.29 is 0 Å². The molecule has 0 amide bonds. The number of hydrogen-bond donors (Lipinski definition) is 0. The lowest BCUT2D eigenvalue weighted by Gasteiger charge is -2.41. The van der Waals surface area contributed by atoms with Crippen LogP contribution in [-0.2, 0) is 6.16 Å². The molecular formula is C34H37N4P. The van der Waals surface area contributed by atoms with E-state index in [0.29, 0.717) is 10.3 Å². The Labute approximate surface area is 232 Å². The van der Waals surface area contributed by atoms with Crippen LogP contribution in [0.3, 0.4) is 0 Å². The maximum atomic E-state index is 5.02. The summed E-state index contributed by atoms with van der Waals surface area (Å²) in [6, 6.07) is 25.1. The average molecular weight is 533 g/mol. The molecular weight excluding hydrogens is 495 g/mol. The zero-order valence-corrected chi connectivity index (χ0v) is 24.9. The van der Waals surface area contributed by atoms with E-state index >= 15 is 0 Å². The predicted octanol–water partition coefficient (Wildman–Crippen LogP) is 9.45. The lowest BCUT2D eigenvalue weighted by molar-refractivity contribution is 0.701. The molecule has 0 spiro atoms. The van der Waals surface area contributed by atoms with Crippen molar-refractivity contribution in [2.75, 3.05) is 0 Å². The molecule has 6 rings (SSSR count). The van der Waals surface area contributed by atoms with E-state index in [0.717, 1.165) is 50.1 Å². The normalized spacial score (nSPS) is 12.3. The average Bonchev–Trinajstić information content (AvgIpc) is 2.90. The quantitative estimate of drug-likeness (QED) is 0.165. The highest BCUT2D eigenvalue weighted by molar-refractivity contribution is 7.60. The summed E-state index contributed by atoms with van der Waals surface area (Å²) in [5.41, 5.74) is 6.24. The van der Waals surface area contributed by atoms with Crippen molar-refractivity contribution in [3.05, 3.63) is 96.6 Å². The van der Waals surface area contributed by atoms with E-state index in [4.69, 9.17) is 4.98 Å². The first-order valence-corrected chi connectivity index (χ1v) is 15.1. The van der Waals surface area contributed by atoms with E-state index < -0.39 is 0 Å². The van der Waals surface area contributed by atoms with Gasteiger partial charge in [-0.1, -0.05) is 98.0 Å². The molecule has 5 heteroatoms. The number of aryl methyl sites for hydroxylation is 1. The Hall–Kier alpha value is -3.49. The Balaban J connectivity index is 0.000000175. The molecule has 0 aliphatic rings. The van der Waals surface area contributed by atoms with Gasteiger partial charge in [0.1, 0.15) is 0 Å². The Morgan fingerprint density at radius 3 is 1.49 bits per heavy atom. The van der Waals surface area contributed by atoms with Crippen molar-refractivity contribution in [1.82, 2.24) is 19.9 Å². The van der Waals surface area contributed by atoms with Crippen LogP contribution in [0.25, 0.3) is 43.6 Å². The van der Waals surface area contributed by atoms with Gasteiger partial charge in [-0.15, -0.1) is 0 Å². The number of benzene rings is 2. The van der Waals surface area contributed by atoms with Crippen LogP contribution in [0.1, 0.15) is 52.9 Å². The largest absolute Gasteiger partial charge is 0.254 e. The summed E-state index contributed by atoms with van der Waals surface area (Å²) in [7, 11) is -0.201. The third kappa shape index (κ3) is 5.92. The fraction of sp³-hybridized carbons (Fsp3) is 0.294. The van der Waals surface area contributed by atoms with E-state index in [9.17, 15) is 0 Å².